The topological polar surface area (TPSA) is 117 Å². The number of carboxylic acid groups (broad SMARTS) is 1. The smallest absolute Gasteiger partial charge is 0.332 e. The number of hydrogen-bond acceptors (Lipinski definition) is 5. The SMILES string of the molecule is Nc1cc(C[C@H]2C(=O)N(C(=O)N3CCCc4ccccc43)[C@@H]2C(=O)O)ccn1. The number of β-lactam (4-membered cyclic amide) rings is 1. The fraction of sp³-hybridized carbons (Fsp3) is 0.300. The van der Waals surface area contributed by atoms with Crippen LogP contribution < -0.4 is 10.6 Å². The summed E-state index contributed by atoms with van der Waals surface area (Å²) in [4.78, 5) is 43.9. The van der Waals surface area contributed by atoms with Crippen LogP contribution in [-0.2, 0) is 22.4 Å². The number of urea groups is 1. The zero-order chi connectivity index (χ0) is 19.8. The van der Waals surface area contributed by atoms with Gasteiger partial charge in [0.1, 0.15) is 5.82 Å². The van der Waals surface area contributed by atoms with Crippen molar-refractivity contribution in [1.29, 1.82) is 0 Å². The van der Waals surface area contributed by atoms with Crippen molar-refractivity contribution in [3.63, 3.8) is 0 Å². The largest absolute Gasteiger partial charge is 0.480 e. The Labute approximate surface area is 161 Å². The number of aliphatic carboxylic acids is 1. The van der Waals surface area contributed by atoms with Crippen molar-refractivity contribution in [2.45, 2.75) is 25.3 Å². The van der Waals surface area contributed by atoms with E-state index < -0.39 is 29.9 Å². The van der Waals surface area contributed by atoms with E-state index in [1.54, 1.807) is 12.1 Å². The van der Waals surface area contributed by atoms with E-state index in [1.807, 2.05) is 24.3 Å². The van der Waals surface area contributed by atoms with Gasteiger partial charge in [0.15, 0.2) is 6.04 Å². The van der Waals surface area contributed by atoms with Crippen LogP contribution >= 0.6 is 0 Å². The van der Waals surface area contributed by atoms with Crippen LogP contribution in [0.25, 0.3) is 0 Å². The summed E-state index contributed by atoms with van der Waals surface area (Å²) in [6.07, 6.45) is 3.32. The second-order valence-corrected chi connectivity index (χ2v) is 7.06. The number of likely N-dealkylation sites (tertiary alicyclic amines) is 1. The predicted octanol–water partition coefficient (Wildman–Crippen LogP) is 1.69. The molecule has 144 valence electrons. The molecule has 1 aromatic carbocycles. The number of carbonyl (C=O) groups is 3. The molecule has 28 heavy (non-hydrogen) atoms. The third kappa shape index (κ3) is 2.96. The first-order valence-electron chi connectivity index (χ1n) is 9.13. The summed E-state index contributed by atoms with van der Waals surface area (Å²) in [5, 5.41) is 9.67. The second kappa shape index (κ2) is 6.95. The van der Waals surface area contributed by atoms with Crippen molar-refractivity contribution < 1.29 is 19.5 Å². The molecule has 8 heteroatoms. The number of nitrogens with zero attached hydrogens (tertiary/aromatic N) is 3. The monoisotopic (exact) mass is 380 g/mol. The Morgan fingerprint density at radius 2 is 2.04 bits per heavy atom. The van der Waals surface area contributed by atoms with Gasteiger partial charge in [-0.25, -0.2) is 19.5 Å². The molecule has 2 aliphatic rings. The zero-order valence-electron chi connectivity index (χ0n) is 15.1. The highest BCUT2D eigenvalue weighted by molar-refractivity contribution is 6.12. The first-order chi connectivity index (χ1) is 13.5. The van der Waals surface area contributed by atoms with Crippen molar-refractivity contribution in [3.05, 3.63) is 53.7 Å². The van der Waals surface area contributed by atoms with Crippen molar-refractivity contribution in [2.75, 3.05) is 17.2 Å². The van der Waals surface area contributed by atoms with Gasteiger partial charge in [0.2, 0.25) is 5.91 Å². The molecule has 0 radical (unpaired) electrons. The van der Waals surface area contributed by atoms with Gasteiger partial charge in [-0.15, -0.1) is 0 Å². The Hall–Kier alpha value is -3.42. The second-order valence-electron chi connectivity index (χ2n) is 7.06. The Morgan fingerprint density at radius 1 is 1.25 bits per heavy atom. The molecule has 4 rings (SSSR count). The molecular formula is C20H20N4O4. The number of amides is 3. The van der Waals surface area contributed by atoms with Gasteiger partial charge < -0.3 is 10.8 Å². The molecule has 1 fully saturated rings. The Balaban J connectivity index is 1.58. The number of hydrogen-bond donors (Lipinski definition) is 2. The lowest BCUT2D eigenvalue weighted by Crippen LogP contribution is -2.69. The molecule has 1 aromatic heterocycles. The van der Waals surface area contributed by atoms with Gasteiger partial charge in [0.05, 0.1) is 5.92 Å². The number of carbonyl (C=O) groups excluding carboxylic acids is 2. The molecule has 8 nitrogen and oxygen atoms in total. The van der Waals surface area contributed by atoms with Crippen molar-refractivity contribution in [2.24, 2.45) is 5.92 Å². The van der Waals surface area contributed by atoms with Gasteiger partial charge in [0, 0.05) is 18.4 Å². The van der Waals surface area contributed by atoms with Crippen molar-refractivity contribution in [3.8, 4) is 0 Å². The molecule has 0 unspecified atom stereocenters. The number of nitrogen functional groups attached to an aromatic ring is 1. The molecule has 2 aromatic rings. The normalized spacial score (nSPS) is 21.1. The van der Waals surface area contributed by atoms with Crippen LogP contribution in [-0.4, -0.2) is 45.5 Å². The van der Waals surface area contributed by atoms with Crippen LogP contribution in [0.1, 0.15) is 17.5 Å². The van der Waals surface area contributed by atoms with E-state index in [-0.39, 0.29) is 6.42 Å². The van der Waals surface area contributed by atoms with Crippen LogP contribution in [0.3, 0.4) is 0 Å². The fourth-order valence-corrected chi connectivity index (χ4v) is 3.98. The minimum atomic E-state index is -1.19. The Kier molecular flexibility index (Phi) is 4.46. The van der Waals surface area contributed by atoms with Crippen molar-refractivity contribution >= 4 is 29.4 Å². The number of aromatic nitrogens is 1. The summed E-state index contributed by atoms with van der Waals surface area (Å²) >= 11 is 0. The van der Waals surface area contributed by atoms with E-state index in [0.717, 1.165) is 29.0 Å². The number of imide groups is 1. The fourth-order valence-electron chi connectivity index (χ4n) is 3.98. The number of pyridine rings is 1. The van der Waals surface area contributed by atoms with Crippen LogP contribution in [0.5, 0.6) is 0 Å². The lowest BCUT2D eigenvalue weighted by atomic mass is 9.82. The number of anilines is 2. The molecule has 2 aliphatic heterocycles. The van der Waals surface area contributed by atoms with Crippen LogP contribution in [0, 0.1) is 5.92 Å². The van der Waals surface area contributed by atoms with E-state index in [4.69, 9.17) is 5.73 Å². The maximum Gasteiger partial charge on any atom is 0.332 e. The van der Waals surface area contributed by atoms with E-state index in [0.29, 0.717) is 17.9 Å². The van der Waals surface area contributed by atoms with Gasteiger partial charge in [-0.1, -0.05) is 18.2 Å². The number of fused-ring (bicyclic) bond motifs is 1. The quantitative estimate of drug-likeness (QED) is 0.783. The van der Waals surface area contributed by atoms with E-state index in [9.17, 15) is 19.5 Å². The third-order valence-electron chi connectivity index (χ3n) is 5.32. The molecule has 0 saturated carbocycles. The molecular weight excluding hydrogens is 360 g/mol. The number of nitrogens with two attached hydrogens (primary N) is 1. The highest BCUT2D eigenvalue weighted by Gasteiger charge is 2.55. The first kappa shape index (κ1) is 18.0. The standard InChI is InChI=1S/C20H20N4O4/c21-16-11-12(7-8-22-16)10-14-17(19(26)27)24(18(14)25)20(28)23-9-3-5-13-4-1-2-6-15(13)23/h1-2,4,6-8,11,14,17H,3,5,9-10H2,(H2,21,22)(H,26,27)/t14-,17+/m1/s1. The van der Waals surface area contributed by atoms with E-state index >= 15 is 0 Å². The molecule has 3 amide bonds. The van der Waals surface area contributed by atoms with Gasteiger partial charge in [-0.3, -0.25) is 9.69 Å². The van der Waals surface area contributed by atoms with E-state index in [1.165, 1.54) is 11.1 Å². The van der Waals surface area contributed by atoms with Gasteiger partial charge in [0.25, 0.3) is 0 Å². The lowest BCUT2D eigenvalue weighted by molar-refractivity contribution is -0.165. The van der Waals surface area contributed by atoms with Gasteiger partial charge in [-0.2, -0.15) is 0 Å². The Morgan fingerprint density at radius 3 is 2.79 bits per heavy atom. The van der Waals surface area contributed by atoms with Crippen LogP contribution in [0.4, 0.5) is 16.3 Å². The van der Waals surface area contributed by atoms with E-state index in [2.05, 4.69) is 4.98 Å². The average Bonchev–Trinajstić information content (AvgIpc) is 2.69. The summed E-state index contributed by atoms with van der Waals surface area (Å²) in [5.74, 6) is -2.17. The first-order valence-corrected chi connectivity index (χ1v) is 9.13. The highest BCUT2D eigenvalue weighted by atomic mass is 16.4. The highest BCUT2D eigenvalue weighted by Crippen LogP contribution is 2.35. The minimum Gasteiger partial charge on any atom is -0.480 e. The molecule has 3 heterocycles. The maximum atomic E-state index is 13.1. The molecule has 0 spiro atoms. The molecule has 1 saturated heterocycles. The summed E-state index contributed by atoms with van der Waals surface area (Å²) < 4.78 is 0. The Bertz CT molecular complexity index is 961. The van der Waals surface area contributed by atoms with Crippen molar-refractivity contribution in [1.82, 2.24) is 9.88 Å². The molecule has 3 N–H and O–H groups in total. The summed E-state index contributed by atoms with van der Waals surface area (Å²) in [6, 6.07) is 9.03. The number of benzene rings is 1. The summed E-state index contributed by atoms with van der Waals surface area (Å²) in [5.41, 5.74) is 8.13. The van der Waals surface area contributed by atoms with Crippen LogP contribution in [0.2, 0.25) is 0 Å². The summed E-state index contributed by atoms with van der Waals surface area (Å²) in [7, 11) is 0. The lowest BCUT2D eigenvalue weighted by Gasteiger charge is -2.45. The predicted molar refractivity (Wildman–Crippen MR) is 102 cm³/mol. The number of rotatable bonds is 3. The minimum absolute atomic E-state index is 0.197. The molecule has 2 atom stereocenters. The third-order valence-corrected chi connectivity index (χ3v) is 5.32. The zero-order valence-corrected chi connectivity index (χ0v) is 15.1. The molecule has 0 bridgehead atoms. The average molecular weight is 380 g/mol. The van der Waals surface area contributed by atoms with Gasteiger partial charge >= 0.3 is 12.0 Å². The summed E-state index contributed by atoms with van der Waals surface area (Å²) in [6.45, 7) is 0.456. The van der Waals surface area contributed by atoms with Gasteiger partial charge in [-0.05, 0) is 48.6 Å². The number of para-hydroxylation sites is 1. The maximum absolute atomic E-state index is 13.1. The number of carboxylic acids is 1. The number of aryl methyl sites for hydroxylation is 1. The van der Waals surface area contributed by atoms with Crippen LogP contribution in [0.15, 0.2) is 42.6 Å². The molecule has 0 aliphatic carbocycles.